The fourth-order valence-electron chi connectivity index (χ4n) is 2.08. The summed E-state index contributed by atoms with van der Waals surface area (Å²) in [7, 11) is 1.60. The number of nitrogens with one attached hydrogen (secondary N) is 1. The van der Waals surface area contributed by atoms with E-state index in [1.54, 1.807) is 13.3 Å². The summed E-state index contributed by atoms with van der Waals surface area (Å²) >= 11 is 0. The van der Waals surface area contributed by atoms with Crippen LogP contribution in [0.2, 0.25) is 0 Å². The van der Waals surface area contributed by atoms with Gasteiger partial charge in [0, 0.05) is 6.07 Å². The smallest absolute Gasteiger partial charge is 0.213 e. The second kappa shape index (κ2) is 5.16. The summed E-state index contributed by atoms with van der Waals surface area (Å²) in [4.78, 5) is 4.12. The van der Waals surface area contributed by atoms with Crippen LogP contribution in [0.15, 0.2) is 18.3 Å². The molecule has 0 aromatic carbocycles. The molecule has 4 nitrogen and oxygen atoms in total. The van der Waals surface area contributed by atoms with Gasteiger partial charge in [-0.3, -0.25) is 0 Å². The van der Waals surface area contributed by atoms with E-state index in [0.717, 1.165) is 24.9 Å². The minimum atomic E-state index is -0.240. The first-order valence-electron chi connectivity index (χ1n) is 5.74. The van der Waals surface area contributed by atoms with Crippen molar-refractivity contribution in [2.45, 2.75) is 37.8 Å². The molecule has 0 amide bonds. The van der Waals surface area contributed by atoms with E-state index in [2.05, 4.69) is 10.3 Å². The first kappa shape index (κ1) is 11.2. The Labute approximate surface area is 95.7 Å². The van der Waals surface area contributed by atoms with Crippen LogP contribution in [0.5, 0.6) is 5.88 Å². The van der Waals surface area contributed by atoms with Gasteiger partial charge in [-0.2, -0.15) is 0 Å². The van der Waals surface area contributed by atoms with Crippen LogP contribution in [-0.2, 0) is 0 Å². The molecule has 1 heterocycles. The minimum Gasteiger partial charge on any atom is -0.481 e. The average molecular weight is 222 g/mol. The van der Waals surface area contributed by atoms with E-state index in [9.17, 15) is 5.11 Å². The Morgan fingerprint density at radius 1 is 1.38 bits per heavy atom. The lowest BCUT2D eigenvalue weighted by Crippen LogP contribution is -2.36. The van der Waals surface area contributed by atoms with Crippen molar-refractivity contribution < 1.29 is 9.84 Å². The van der Waals surface area contributed by atoms with Gasteiger partial charge in [-0.1, -0.05) is 12.8 Å². The lowest BCUT2D eigenvalue weighted by atomic mass is 9.92. The highest BCUT2D eigenvalue weighted by Gasteiger charge is 2.22. The maximum atomic E-state index is 9.82. The number of rotatable bonds is 3. The molecule has 2 atom stereocenters. The Bertz CT molecular complexity index is 326. The molecule has 0 saturated heterocycles. The van der Waals surface area contributed by atoms with Gasteiger partial charge in [-0.15, -0.1) is 0 Å². The Kier molecular flexibility index (Phi) is 3.62. The maximum absolute atomic E-state index is 9.82. The Balaban J connectivity index is 1.96. The molecule has 2 N–H and O–H groups in total. The third-order valence-corrected chi connectivity index (χ3v) is 3.03. The molecule has 1 aliphatic carbocycles. The molecular formula is C12H18N2O2. The predicted molar refractivity (Wildman–Crippen MR) is 62.7 cm³/mol. The Morgan fingerprint density at radius 2 is 2.19 bits per heavy atom. The van der Waals surface area contributed by atoms with Gasteiger partial charge in [0.25, 0.3) is 0 Å². The number of aliphatic hydroxyl groups is 1. The molecule has 1 saturated carbocycles. The molecule has 1 aliphatic rings. The summed E-state index contributed by atoms with van der Waals surface area (Å²) < 4.78 is 4.99. The number of aliphatic hydroxyl groups excluding tert-OH is 1. The second-order valence-corrected chi connectivity index (χ2v) is 4.19. The normalized spacial score (nSPS) is 25.1. The zero-order chi connectivity index (χ0) is 11.4. The maximum Gasteiger partial charge on any atom is 0.213 e. The van der Waals surface area contributed by atoms with Crippen molar-refractivity contribution in [3.63, 3.8) is 0 Å². The SMILES string of the molecule is COc1ccc(N[C@H]2CCCC[C@@H]2O)cn1. The molecule has 0 bridgehead atoms. The Hall–Kier alpha value is -1.29. The van der Waals surface area contributed by atoms with Crippen LogP contribution in [-0.4, -0.2) is 29.3 Å². The van der Waals surface area contributed by atoms with Crippen molar-refractivity contribution in [1.29, 1.82) is 0 Å². The summed E-state index contributed by atoms with van der Waals surface area (Å²) in [6, 6.07) is 3.90. The zero-order valence-electron chi connectivity index (χ0n) is 9.52. The summed E-state index contributed by atoms with van der Waals surface area (Å²) in [5.41, 5.74) is 0.937. The number of methoxy groups -OCH3 is 1. The quantitative estimate of drug-likeness (QED) is 0.819. The standard InChI is InChI=1S/C12H18N2O2/c1-16-12-7-6-9(8-13-12)14-10-4-2-3-5-11(10)15/h6-8,10-11,14-15H,2-5H2,1H3/t10-,11-/m0/s1. The number of hydrogen-bond donors (Lipinski definition) is 2. The molecule has 4 heteroatoms. The fourth-order valence-corrected chi connectivity index (χ4v) is 2.08. The summed E-state index contributed by atoms with van der Waals surface area (Å²) in [6.07, 6.45) is 5.71. The largest absolute Gasteiger partial charge is 0.481 e. The molecule has 1 aromatic heterocycles. The summed E-state index contributed by atoms with van der Waals surface area (Å²) in [5, 5.41) is 13.1. The number of hydrogen-bond acceptors (Lipinski definition) is 4. The first-order valence-corrected chi connectivity index (χ1v) is 5.74. The van der Waals surface area contributed by atoms with Crippen LogP contribution in [0.1, 0.15) is 25.7 Å². The number of ether oxygens (including phenoxy) is 1. The molecule has 88 valence electrons. The highest BCUT2D eigenvalue weighted by atomic mass is 16.5. The van der Waals surface area contributed by atoms with Crippen molar-refractivity contribution >= 4 is 5.69 Å². The van der Waals surface area contributed by atoms with Gasteiger partial charge >= 0.3 is 0 Å². The first-order chi connectivity index (χ1) is 7.79. The van der Waals surface area contributed by atoms with Crippen molar-refractivity contribution in [3.8, 4) is 5.88 Å². The van der Waals surface area contributed by atoms with E-state index in [1.807, 2.05) is 12.1 Å². The van der Waals surface area contributed by atoms with E-state index >= 15 is 0 Å². The highest BCUT2D eigenvalue weighted by molar-refractivity contribution is 5.43. The van der Waals surface area contributed by atoms with Gasteiger partial charge in [0.15, 0.2) is 0 Å². The highest BCUT2D eigenvalue weighted by Crippen LogP contribution is 2.22. The molecule has 16 heavy (non-hydrogen) atoms. The average Bonchev–Trinajstić information content (AvgIpc) is 2.33. The lowest BCUT2D eigenvalue weighted by Gasteiger charge is -2.29. The molecule has 0 unspecified atom stereocenters. The van der Waals surface area contributed by atoms with Gasteiger partial charge < -0.3 is 15.2 Å². The molecule has 2 rings (SSSR count). The van der Waals surface area contributed by atoms with Crippen molar-refractivity contribution in [2.75, 3.05) is 12.4 Å². The van der Waals surface area contributed by atoms with Crippen LogP contribution >= 0.6 is 0 Å². The van der Waals surface area contributed by atoms with Gasteiger partial charge in [-0.05, 0) is 18.9 Å². The van der Waals surface area contributed by atoms with Crippen LogP contribution in [0.4, 0.5) is 5.69 Å². The minimum absolute atomic E-state index is 0.156. The topological polar surface area (TPSA) is 54.4 Å². The fraction of sp³-hybridized carbons (Fsp3) is 0.583. The molecule has 1 fully saturated rings. The third kappa shape index (κ3) is 2.64. The van der Waals surface area contributed by atoms with Gasteiger partial charge in [0.1, 0.15) is 0 Å². The van der Waals surface area contributed by atoms with Gasteiger partial charge in [0.2, 0.25) is 5.88 Å². The van der Waals surface area contributed by atoms with E-state index in [-0.39, 0.29) is 12.1 Å². The number of pyridine rings is 1. The molecule has 0 radical (unpaired) electrons. The van der Waals surface area contributed by atoms with Crippen LogP contribution in [0.25, 0.3) is 0 Å². The van der Waals surface area contributed by atoms with Crippen molar-refractivity contribution in [2.24, 2.45) is 0 Å². The second-order valence-electron chi connectivity index (χ2n) is 4.19. The monoisotopic (exact) mass is 222 g/mol. The van der Waals surface area contributed by atoms with Gasteiger partial charge in [0.05, 0.1) is 31.1 Å². The lowest BCUT2D eigenvalue weighted by molar-refractivity contribution is 0.116. The summed E-state index contributed by atoms with van der Waals surface area (Å²) in [5.74, 6) is 0.606. The molecule has 0 aliphatic heterocycles. The van der Waals surface area contributed by atoms with Gasteiger partial charge in [-0.25, -0.2) is 4.98 Å². The zero-order valence-corrected chi connectivity index (χ0v) is 9.52. The van der Waals surface area contributed by atoms with E-state index < -0.39 is 0 Å². The Morgan fingerprint density at radius 3 is 2.81 bits per heavy atom. The van der Waals surface area contributed by atoms with Crippen LogP contribution in [0.3, 0.4) is 0 Å². The third-order valence-electron chi connectivity index (χ3n) is 3.03. The molecular weight excluding hydrogens is 204 g/mol. The van der Waals surface area contributed by atoms with Crippen molar-refractivity contribution in [3.05, 3.63) is 18.3 Å². The van der Waals surface area contributed by atoms with Crippen LogP contribution < -0.4 is 10.1 Å². The van der Waals surface area contributed by atoms with Crippen molar-refractivity contribution in [1.82, 2.24) is 4.98 Å². The van der Waals surface area contributed by atoms with E-state index in [0.29, 0.717) is 5.88 Å². The summed E-state index contributed by atoms with van der Waals surface area (Å²) in [6.45, 7) is 0. The van der Waals surface area contributed by atoms with Crippen LogP contribution in [0, 0.1) is 0 Å². The van der Waals surface area contributed by atoms with E-state index in [4.69, 9.17) is 4.74 Å². The molecule has 0 spiro atoms. The number of nitrogens with zero attached hydrogens (tertiary/aromatic N) is 1. The number of anilines is 1. The molecule has 1 aromatic rings. The predicted octanol–water partition coefficient (Wildman–Crippen LogP) is 1.81. The number of aromatic nitrogens is 1. The van der Waals surface area contributed by atoms with E-state index in [1.165, 1.54) is 6.42 Å².